The Kier molecular flexibility index (Phi) is 13.9. The van der Waals surface area contributed by atoms with E-state index in [1.54, 1.807) is 0 Å². The lowest BCUT2D eigenvalue weighted by Gasteiger charge is -2.18. The van der Waals surface area contributed by atoms with E-state index in [2.05, 4.69) is 11.6 Å². The number of nitrogens with one attached hydrogen (secondary N) is 1. The highest BCUT2D eigenvalue weighted by molar-refractivity contribution is 7.89. The zero-order valence-electron chi connectivity index (χ0n) is 20.5. The number of ether oxygens (including phenoxy) is 3. The molecule has 1 atom stereocenters. The molecule has 0 radical (unpaired) electrons. The van der Waals surface area contributed by atoms with Gasteiger partial charge in [-0.2, -0.15) is 0 Å². The van der Waals surface area contributed by atoms with Crippen LogP contribution in [0.3, 0.4) is 0 Å². The molecule has 33 heavy (non-hydrogen) atoms. The summed E-state index contributed by atoms with van der Waals surface area (Å²) in [6, 6.07) is 3.05. The molecule has 1 rings (SSSR count). The molecule has 0 saturated carbocycles. The normalized spacial score (nSPS) is 12.4. The molecule has 1 aromatic carbocycles. The van der Waals surface area contributed by atoms with Crippen molar-refractivity contribution in [1.82, 2.24) is 4.72 Å². The molecule has 0 aliphatic heterocycles. The van der Waals surface area contributed by atoms with Gasteiger partial charge in [-0.15, -0.1) is 0 Å². The Morgan fingerprint density at radius 3 is 1.79 bits per heavy atom. The van der Waals surface area contributed by atoms with Gasteiger partial charge in [-0.05, 0) is 24.1 Å². The molecule has 0 aliphatic carbocycles. The van der Waals surface area contributed by atoms with Gasteiger partial charge in [0.25, 0.3) is 0 Å². The number of methoxy groups -OCH3 is 3. The number of sulfonamides is 1. The first-order chi connectivity index (χ1) is 15.8. The van der Waals surface area contributed by atoms with Gasteiger partial charge in [0.05, 0.1) is 33.0 Å². The number of rotatable bonds is 19. The van der Waals surface area contributed by atoms with Crippen LogP contribution in [0.15, 0.2) is 12.1 Å². The minimum absolute atomic E-state index is 0.00884. The molecule has 2 N–H and O–H groups in total. The minimum atomic E-state index is -3.57. The van der Waals surface area contributed by atoms with E-state index < -0.39 is 21.9 Å². The SMILES string of the molecule is CCCCCCCCCCCCS(=O)(=O)NCC(C(=O)O)c1cc(OC)c(OC)c(OC)c1. The Labute approximate surface area is 199 Å². The van der Waals surface area contributed by atoms with Crippen molar-refractivity contribution in [1.29, 1.82) is 0 Å². The number of carboxylic acid groups (broad SMARTS) is 1. The molecule has 9 heteroatoms. The Hall–Kier alpha value is -2.00. The Morgan fingerprint density at radius 2 is 1.36 bits per heavy atom. The van der Waals surface area contributed by atoms with E-state index in [0.29, 0.717) is 29.2 Å². The van der Waals surface area contributed by atoms with Crippen LogP contribution in [-0.4, -0.2) is 53.1 Å². The third kappa shape index (κ3) is 10.6. The zero-order valence-corrected chi connectivity index (χ0v) is 21.3. The molecule has 0 bridgehead atoms. The molecule has 0 aromatic heterocycles. The van der Waals surface area contributed by atoms with Gasteiger partial charge in [0.1, 0.15) is 0 Å². The molecule has 8 nitrogen and oxygen atoms in total. The topological polar surface area (TPSA) is 111 Å². The fourth-order valence-corrected chi connectivity index (χ4v) is 4.86. The van der Waals surface area contributed by atoms with Gasteiger partial charge in [-0.25, -0.2) is 13.1 Å². The molecule has 0 spiro atoms. The Balaban J connectivity index is 2.56. The molecule has 0 fully saturated rings. The van der Waals surface area contributed by atoms with Crippen LogP contribution in [0.5, 0.6) is 17.2 Å². The first-order valence-electron chi connectivity index (χ1n) is 11.8. The number of unbranched alkanes of at least 4 members (excludes halogenated alkanes) is 9. The third-order valence-corrected chi connectivity index (χ3v) is 7.09. The average Bonchev–Trinajstić information content (AvgIpc) is 2.79. The summed E-state index contributed by atoms with van der Waals surface area (Å²) < 4.78 is 43.1. The second kappa shape index (κ2) is 15.8. The number of carbonyl (C=O) groups is 1. The van der Waals surface area contributed by atoms with E-state index in [9.17, 15) is 18.3 Å². The maximum atomic E-state index is 12.4. The highest BCUT2D eigenvalue weighted by Crippen LogP contribution is 2.40. The second-order valence-corrected chi connectivity index (χ2v) is 10.1. The van der Waals surface area contributed by atoms with E-state index in [4.69, 9.17) is 14.2 Å². The van der Waals surface area contributed by atoms with E-state index in [1.807, 2.05) is 0 Å². The molecule has 0 amide bonds. The number of hydrogen-bond acceptors (Lipinski definition) is 6. The second-order valence-electron chi connectivity index (χ2n) is 8.20. The summed E-state index contributed by atoms with van der Waals surface area (Å²) in [5.74, 6) is -1.29. The standard InChI is InChI=1S/C24H41NO7S/c1-5-6-7-8-9-10-11-12-13-14-15-33(28,29)25-18-20(24(26)27)19-16-21(30-2)23(32-4)22(17-19)31-3/h16-17,20,25H,5-15,18H2,1-4H3,(H,26,27). The molecular weight excluding hydrogens is 446 g/mol. The summed E-state index contributed by atoms with van der Waals surface area (Å²) >= 11 is 0. The van der Waals surface area contributed by atoms with Crippen molar-refractivity contribution in [3.05, 3.63) is 17.7 Å². The highest BCUT2D eigenvalue weighted by Gasteiger charge is 2.26. The summed E-state index contributed by atoms with van der Waals surface area (Å²) in [6.07, 6.45) is 11.1. The molecule has 0 aliphatic rings. The third-order valence-electron chi connectivity index (χ3n) is 5.66. The lowest BCUT2D eigenvalue weighted by atomic mass is 9.98. The van der Waals surface area contributed by atoms with Gasteiger partial charge in [0.15, 0.2) is 11.5 Å². The predicted octanol–water partition coefficient (Wildman–Crippen LogP) is 4.72. The first kappa shape index (κ1) is 29.0. The van der Waals surface area contributed by atoms with Crippen LogP contribution in [0.1, 0.15) is 82.6 Å². The number of aliphatic carboxylic acids is 1. The van der Waals surface area contributed by atoms with Crippen molar-refractivity contribution in [2.75, 3.05) is 33.6 Å². The van der Waals surface area contributed by atoms with Crippen molar-refractivity contribution in [3.8, 4) is 17.2 Å². The predicted molar refractivity (Wildman–Crippen MR) is 130 cm³/mol. The van der Waals surface area contributed by atoms with Crippen molar-refractivity contribution in [3.63, 3.8) is 0 Å². The van der Waals surface area contributed by atoms with E-state index in [-0.39, 0.29) is 12.3 Å². The number of hydrogen-bond donors (Lipinski definition) is 2. The molecule has 1 aromatic rings. The lowest BCUT2D eigenvalue weighted by molar-refractivity contribution is -0.138. The van der Waals surface area contributed by atoms with Crippen LogP contribution in [-0.2, 0) is 14.8 Å². The fraction of sp³-hybridized carbons (Fsp3) is 0.708. The highest BCUT2D eigenvalue weighted by atomic mass is 32.2. The van der Waals surface area contributed by atoms with Crippen molar-refractivity contribution < 1.29 is 32.5 Å². The van der Waals surface area contributed by atoms with Gasteiger partial charge >= 0.3 is 5.97 Å². The minimum Gasteiger partial charge on any atom is -0.493 e. The number of benzene rings is 1. The monoisotopic (exact) mass is 487 g/mol. The smallest absolute Gasteiger partial charge is 0.312 e. The molecule has 0 saturated heterocycles. The van der Waals surface area contributed by atoms with Gasteiger partial charge in [-0.1, -0.05) is 64.7 Å². The van der Waals surface area contributed by atoms with Crippen LogP contribution < -0.4 is 18.9 Å². The summed E-state index contributed by atoms with van der Waals surface area (Å²) in [7, 11) is 0.757. The Morgan fingerprint density at radius 1 is 0.879 bits per heavy atom. The summed E-state index contributed by atoms with van der Waals surface area (Å²) in [4.78, 5) is 11.9. The van der Waals surface area contributed by atoms with Gasteiger partial charge in [-0.3, -0.25) is 4.79 Å². The molecule has 0 heterocycles. The summed E-state index contributed by atoms with van der Waals surface area (Å²) in [5, 5.41) is 9.69. The largest absolute Gasteiger partial charge is 0.493 e. The van der Waals surface area contributed by atoms with Gasteiger partial charge in [0, 0.05) is 6.54 Å². The molecule has 1 unspecified atom stereocenters. The van der Waals surface area contributed by atoms with Gasteiger partial charge < -0.3 is 19.3 Å². The van der Waals surface area contributed by atoms with Crippen LogP contribution >= 0.6 is 0 Å². The average molecular weight is 488 g/mol. The maximum absolute atomic E-state index is 12.4. The summed E-state index contributed by atoms with van der Waals surface area (Å²) in [6.45, 7) is 1.95. The van der Waals surface area contributed by atoms with Gasteiger partial charge in [0.2, 0.25) is 15.8 Å². The van der Waals surface area contributed by atoms with Crippen LogP contribution in [0.2, 0.25) is 0 Å². The lowest BCUT2D eigenvalue weighted by Crippen LogP contribution is -2.33. The number of carboxylic acids is 1. The van der Waals surface area contributed by atoms with E-state index in [1.165, 1.54) is 72.0 Å². The fourth-order valence-electron chi connectivity index (χ4n) is 3.71. The first-order valence-corrected chi connectivity index (χ1v) is 13.4. The molecular formula is C24H41NO7S. The van der Waals surface area contributed by atoms with Crippen molar-refractivity contribution in [2.45, 2.75) is 77.0 Å². The van der Waals surface area contributed by atoms with Crippen LogP contribution in [0.4, 0.5) is 0 Å². The Bertz CT molecular complexity index is 786. The van der Waals surface area contributed by atoms with Crippen molar-refractivity contribution >= 4 is 16.0 Å². The van der Waals surface area contributed by atoms with E-state index in [0.717, 1.165) is 19.3 Å². The summed E-state index contributed by atoms with van der Waals surface area (Å²) in [5.41, 5.74) is 0.360. The maximum Gasteiger partial charge on any atom is 0.312 e. The van der Waals surface area contributed by atoms with Crippen molar-refractivity contribution in [2.24, 2.45) is 0 Å². The molecule has 190 valence electrons. The van der Waals surface area contributed by atoms with E-state index >= 15 is 0 Å². The zero-order chi connectivity index (χ0) is 24.7. The van der Waals surface area contributed by atoms with Crippen LogP contribution in [0.25, 0.3) is 0 Å². The quantitative estimate of drug-likeness (QED) is 0.272. The van der Waals surface area contributed by atoms with Crippen LogP contribution in [0, 0.1) is 0 Å².